The molecule has 24 heteroatoms. The number of aliphatic hydroxyl groups excluding tert-OH is 1. The number of methoxy groups -OCH3 is 1. The van der Waals surface area contributed by atoms with Crippen molar-refractivity contribution in [3.05, 3.63) is 99.0 Å². The SMILES string of the molecule is COc1cc(/C=C2\SC(=O)N(CCOCCOCCCCCOCCCCCOCCOCC(=O)N[C@H](C(=O)N3C[C@H](O)CC3C(=O)NCc3ccc(-c4scnc4C)cc3)C(C)(C)C)C2=O)ccc1Oc1ccc(C#N)cc1C(F)(F)F. The summed E-state index contributed by atoms with van der Waals surface area (Å²) in [5.41, 5.74) is 3.12. The molecule has 83 heavy (non-hydrogen) atoms. The summed E-state index contributed by atoms with van der Waals surface area (Å²) < 4.78 is 80.2. The second-order valence-corrected chi connectivity index (χ2v) is 22.6. The molecule has 2 saturated heterocycles. The van der Waals surface area contributed by atoms with Crippen molar-refractivity contribution in [2.75, 3.05) is 86.3 Å². The highest BCUT2D eigenvalue weighted by molar-refractivity contribution is 8.18. The summed E-state index contributed by atoms with van der Waals surface area (Å²) in [5, 5.41) is 24.8. The van der Waals surface area contributed by atoms with Gasteiger partial charge in [0.05, 0.1) is 91.0 Å². The van der Waals surface area contributed by atoms with Gasteiger partial charge in [-0.3, -0.25) is 28.9 Å². The van der Waals surface area contributed by atoms with Crippen LogP contribution in [-0.4, -0.2) is 153 Å². The first-order valence-corrected chi connectivity index (χ1v) is 29.1. The zero-order valence-corrected chi connectivity index (χ0v) is 49.0. The summed E-state index contributed by atoms with van der Waals surface area (Å²) in [6, 6.07) is 15.0. The number of aryl methyl sites for hydroxylation is 1. The molecule has 1 unspecified atom stereocenters. The third-order valence-electron chi connectivity index (χ3n) is 13.3. The second kappa shape index (κ2) is 32.6. The molecule has 450 valence electrons. The van der Waals surface area contributed by atoms with Crippen LogP contribution in [0.5, 0.6) is 17.2 Å². The molecule has 4 aromatic rings. The zero-order chi connectivity index (χ0) is 59.9. The van der Waals surface area contributed by atoms with Crippen molar-refractivity contribution >= 4 is 58.0 Å². The van der Waals surface area contributed by atoms with Gasteiger partial charge in [0.2, 0.25) is 17.7 Å². The zero-order valence-electron chi connectivity index (χ0n) is 47.4. The Morgan fingerprint density at radius 1 is 0.831 bits per heavy atom. The normalized spacial score (nSPS) is 16.4. The number of β-amino-alcohol motifs (C(OH)–C–C–N with tert-alkyl or cyclic N) is 1. The van der Waals surface area contributed by atoms with E-state index in [0.29, 0.717) is 51.3 Å². The predicted octanol–water partition coefficient (Wildman–Crippen LogP) is 9.08. The van der Waals surface area contributed by atoms with E-state index in [0.717, 1.165) is 83.0 Å². The lowest BCUT2D eigenvalue weighted by Gasteiger charge is -2.35. The van der Waals surface area contributed by atoms with Gasteiger partial charge in [-0.1, -0.05) is 51.1 Å². The Balaban J connectivity index is 0.736. The Labute approximate surface area is 490 Å². The first-order chi connectivity index (χ1) is 39.8. The molecule has 0 saturated carbocycles. The van der Waals surface area contributed by atoms with E-state index in [1.54, 1.807) is 22.9 Å². The monoisotopic (exact) mass is 1190 g/mol. The van der Waals surface area contributed by atoms with E-state index in [4.69, 9.17) is 38.4 Å². The minimum atomic E-state index is -4.78. The Morgan fingerprint density at radius 3 is 2.06 bits per heavy atom. The first kappa shape index (κ1) is 65.7. The van der Waals surface area contributed by atoms with Crippen molar-refractivity contribution in [1.82, 2.24) is 25.4 Å². The molecule has 0 bridgehead atoms. The van der Waals surface area contributed by atoms with Crippen molar-refractivity contribution in [2.45, 2.75) is 104 Å². The average Bonchev–Trinajstić information content (AvgIpc) is 4.40. The van der Waals surface area contributed by atoms with Gasteiger partial charge in [-0.05, 0) is 116 Å². The standard InChI is InChI=1S/C59H73F3N6O13S2/c1-39-52(82-38-65-39)43-16-12-40(13-17-43)35-64-54(71)46-33-44(69)36-68(46)56(73)53(58(2,3)4)66-51(70)37-80-29-28-78-24-11-7-9-22-76-21-8-6-10-23-77-26-27-79-25-20-67-55(72)50(83-57(67)74)32-41-14-19-48(49(31-41)75-5)81-47-18-15-42(34-63)30-45(47)59(60,61)62/h12-19,30-32,38,44,46,53,69H,6-11,20-29,33,35-37H2,1-5H3,(H,64,71)(H,66,70)/b50-32-/t44-,46?,53-/m1/s1. The fraction of sp³-hybridized carbons (Fsp3) is 0.508. The molecule has 1 aromatic heterocycles. The van der Waals surface area contributed by atoms with Gasteiger partial charge in [0, 0.05) is 45.9 Å². The van der Waals surface area contributed by atoms with E-state index in [9.17, 15) is 42.3 Å². The number of benzene rings is 3. The van der Waals surface area contributed by atoms with Gasteiger partial charge in [-0.25, -0.2) is 4.98 Å². The molecule has 6 rings (SSSR count). The summed E-state index contributed by atoms with van der Waals surface area (Å²) in [7, 11) is 1.31. The lowest BCUT2D eigenvalue weighted by Crippen LogP contribution is -2.58. The van der Waals surface area contributed by atoms with Crippen molar-refractivity contribution in [3.63, 3.8) is 0 Å². The van der Waals surface area contributed by atoms with Gasteiger partial charge >= 0.3 is 6.18 Å². The number of thiazole rings is 1. The molecule has 2 fully saturated rings. The summed E-state index contributed by atoms with van der Waals surface area (Å²) >= 11 is 2.32. The van der Waals surface area contributed by atoms with Crippen molar-refractivity contribution in [1.29, 1.82) is 5.26 Å². The number of thioether (sulfide) groups is 1. The largest absolute Gasteiger partial charge is 0.493 e. The molecule has 3 aromatic carbocycles. The van der Waals surface area contributed by atoms with E-state index in [1.165, 1.54) is 42.4 Å². The molecule has 3 N–H and O–H groups in total. The number of nitrogens with one attached hydrogen (secondary N) is 2. The van der Waals surface area contributed by atoms with E-state index < -0.39 is 64.1 Å². The van der Waals surface area contributed by atoms with Crippen LogP contribution in [0.25, 0.3) is 16.5 Å². The molecule has 5 amide bonds. The number of unbranched alkanes of at least 4 members (excludes halogenated alkanes) is 4. The number of hydrogen-bond acceptors (Lipinski definition) is 17. The number of nitriles is 1. The summed E-state index contributed by atoms with van der Waals surface area (Å²) in [4.78, 5) is 74.1. The topological polar surface area (TPSA) is 237 Å². The van der Waals surface area contributed by atoms with Crippen LogP contribution in [-0.2, 0) is 55.6 Å². The van der Waals surface area contributed by atoms with Gasteiger partial charge in [0.25, 0.3) is 11.1 Å². The van der Waals surface area contributed by atoms with Gasteiger partial charge < -0.3 is 53.8 Å². The van der Waals surface area contributed by atoms with Crippen LogP contribution in [0.1, 0.15) is 93.7 Å². The van der Waals surface area contributed by atoms with Gasteiger partial charge in [0.1, 0.15) is 24.4 Å². The number of amides is 5. The van der Waals surface area contributed by atoms with Crippen molar-refractivity contribution in [2.24, 2.45) is 5.41 Å². The van der Waals surface area contributed by atoms with Crippen LogP contribution in [0.2, 0.25) is 0 Å². The number of nitrogens with zero attached hydrogens (tertiary/aromatic N) is 4. The number of imide groups is 1. The molecule has 2 aliphatic rings. The van der Waals surface area contributed by atoms with Crippen LogP contribution < -0.4 is 20.1 Å². The third-order valence-corrected chi connectivity index (χ3v) is 15.2. The predicted molar refractivity (Wildman–Crippen MR) is 305 cm³/mol. The van der Waals surface area contributed by atoms with Gasteiger partial charge in [-0.15, -0.1) is 11.3 Å². The minimum absolute atomic E-state index is 0.0239. The first-order valence-electron chi connectivity index (χ1n) is 27.4. The molecule has 2 aliphatic heterocycles. The molecular weight excluding hydrogens is 1120 g/mol. The van der Waals surface area contributed by atoms with Crippen LogP contribution >= 0.6 is 23.1 Å². The highest BCUT2D eigenvalue weighted by Crippen LogP contribution is 2.42. The average molecular weight is 1200 g/mol. The Bertz CT molecular complexity index is 2880. The smallest absolute Gasteiger partial charge is 0.420 e. The maximum Gasteiger partial charge on any atom is 0.420 e. The highest BCUT2D eigenvalue weighted by atomic mass is 32.2. The number of alkyl halides is 3. The molecule has 0 spiro atoms. The summed E-state index contributed by atoms with van der Waals surface area (Å²) in [6.45, 7) is 11.0. The molecule has 3 atom stereocenters. The minimum Gasteiger partial charge on any atom is -0.493 e. The number of hydrogen-bond donors (Lipinski definition) is 3. The number of rotatable bonds is 33. The van der Waals surface area contributed by atoms with Crippen LogP contribution in [0, 0.1) is 23.7 Å². The van der Waals surface area contributed by atoms with Crippen molar-refractivity contribution < 1.29 is 75.4 Å². The number of carbonyl (C=O) groups excluding carboxylic acids is 5. The fourth-order valence-electron chi connectivity index (χ4n) is 8.85. The van der Waals surface area contributed by atoms with Crippen LogP contribution in [0.3, 0.4) is 0 Å². The van der Waals surface area contributed by atoms with Crippen LogP contribution in [0.15, 0.2) is 71.1 Å². The number of aromatic nitrogens is 1. The number of aliphatic hydroxyl groups is 1. The Kier molecular flexibility index (Phi) is 25.8. The maximum absolute atomic E-state index is 13.9. The molecule has 0 radical (unpaired) electrons. The number of ether oxygens (including phenoxy) is 7. The highest BCUT2D eigenvalue weighted by Gasteiger charge is 2.45. The number of likely N-dealkylation sites (tertiary alicyclic amines) is 1. The van der Waals surface area contributed by atoms with Crippen LogP contribution in [0.4, 0.5) is 18.0 Å². The maximum atomic E-state index is 13.9. The third kappa shape index (κ3) is 20.4. The quantitative estimate of drug-likeness (QED) is 0.0298. The van der Waals surface area contributed by atoms with E-state index >= 15 is 0 Å². The second-order valence-electron chi connectivity index (χ2n) is 20.7. The van der Waals surface area contributed by atoms with Gasteiger partial charge in [-0.2, -0.15) is 18.4 Å². The Hall–Kier alpha value is -6.43. The lowest BCUT2D eigenvalue weighted by molar-refractivity contribution is -0.144. The van der Waals surface area contributed by atoms with E-state index in [2.05, 4.69) is 15.6 Å². The van der Waals surface area contributed by atoms with Crippen molar-refractivity contribution in [3.8, 4) is 33.8 Å². The lowest BCUT2D eigenvalue weighted by atomic mass is 9.85. The Morgan fingerprint density at radius 2 is 1.46 bits per heavy atom. The van der Waals surface area contributed by atoms with Gasteiger partial charge in [0.15, 0.2) is 11.5 Å². The molecular formula is C59H73F3N6O13S2. The summed E-state index contributed by atoms with van der Waals surface area (Å²) in [6.07, 6.45) is 1.26. The van der Waals surface area contributed by atoms with E-state index in [1.807, 2.05) is 52.0 Å². The number of halogens is 3. The number of carbonyl (C=O) groups is 5. The summed E-state index contributed by atoms with van der Waals surface area (Å²) in [5.74, 6) is -2.28. The molecule has 3 heterocycles. The molecule has 19 nitrogen and oxygen atoms in total. The molecule has 0 aliphatic carbocycles. The fourth-order valence-corrected chi connectivity index (χ4v) is 10.5. The van der Waals surface area contributed by atoms with E-state index in [-0.39, 0.29) is 80.4 Å².